The van der Waals surface area contributed by atoms with E-state index >= 15 is 0 Å². The van der Waals surface area contributed by atoms with E-state index in [-0.39, 0.29) is 5.82 Å². The topological polar surface area (TPSA) is 94.8 Å². The Bertz CT molecular complexity index is 1620. The van der Waals surface area contributed by atoms with Gasteiger partial charge in [0.25, 0.3) is 0 Å². The largest absolute Gasteiger partial charge is 0.492 e. The first-order valence-corrected chi connectivity index (χ1v) is 12.4. The minimum absolute atomic E-state index is 0.354. The highest BCUT2D eigenvalue weighted by atomic mass is 19.1. The van der Waals surface area contributed by atoms with E-state index in [1.165, 1.54) is 17.7 Å². The molecule has 6 rings (SSSR count). The molecule has 2 aromatic carbocycles. The van der Waals surface area contributed by atoms with E-state index in [1.54, 1.807) is 0 Å². The van der Waals surface area contributed by atoms with Gasteiger partial charge in [0.05, 0.1) is 22.2 Å². The first-order valence-electron chi connectivity index (χ1n) is 12.4. The predicted octanol–water partition coefficient (Wildman–Crippen LogP) is 4.62. The number of aromatic amines is 2. The number of nitrogens with zero attached hydrogens (tertiary/aromatic N) is 4. The number of hydrogen-bond acceptors (Lipinski definition) is 6. The Kier molecular flexibility index (Phi) is 6.15. The minimum Gasteiger partial charge on any atom is -0.492 e. The summed E-state index contributed by atoms with van der Waals surface area (Å²) >= 11 is 0. The second-order valence-corrected chi connectivity index (χ2v) is 9.46. The van der Waals surface area contributed by atoms with Crippen molar-refractivity contribution in [3.05, 3.63) is 66.1 Å². The van der Waals surface area contributed by atoms with E-state index in [2.05, 4.69) is 26.6 Å². The van der Waals surface area contributed by atoms with Crippen LogP contribution in [0.4, 0.5) is 4.39 Å². The van der Waals surface area contributed by atoms with E-state index in [1.807, 2.05) is 55.4 Å². The fraction of sp³-hybridized carbons (Fsp3) is 0.250. The molecule has 1 aliphatic heterocycles. The number of aromatic nitrogens is 5. The number of H-pyrrole nitrogens is 2. The highest BCUT2D eigenvalue weighted by Gasteiger charge is 2.18. The van der Waals surface area contributed by atoms with Gasteiger partial charge in [0.1, 0.15) is 23.7 Å². The first-order chi connectivity index (χ1) is 18.0. The Morgan fingerprint density at radius 2 is 1.95 bits per heavy atom. The smallest absolute Gasteiger partial charge is 0.161 e. The van der Waals surface area contributed by atoms with Gasteiger partial charge in [0, 0.05) is 24.7 Å². The van der Waals surface area contributed by atoms with Gasteiger partial charge >= 0.3 is 0 Å². The lowest BCUT2D eigenvalue weighted by atomic mass is 10.0. The van der Waals surface area contributed by atoms with Crippen LogP contribution < -0.4 is 10.1 Å². The van der Waals surface area contributed by atoms with Crippen molar-refractivity contribution < 1.29 is 9.13 Å². The molecule has 9 heteroatoms. The number of halogens is 1. The van der Waals surface area contributed by atoms with Crippen molar-refractivity contribution in [2.75, 3.05) is 40.3 Å². The van der Waals surface area contributed by atoms with Gasteiger partial charge in [0.15, 0.2) is 11.5 Å². The number of ether oxygens (including phenoxy) is 1. The molecule has 0 amide bonds. The van der Waals surface area contributed by atoms with Crippen LogP contribution >= 0.6 is 0 Å². The maximum Gasteiger partial charge on any atom is 0.161 e. The number of rotatable bonds is 7. The Morgan fingerprint density at radius 1 is 1.03 bits per heavy atom. The van der Waals surface area contributed by atoms with E-state index < -0.39 is 0 Å². The lowest BCUT2D eigenvalue weighted by Crippen LogP contribution is -2.20. The third-order valence-corrected chi connectivity index (χ3v) is 6.53. The summed E-state index contributed by atoms with van der Waals surface area (Å²) in [5.74, 6) is 0.746. The summed E-state index contributed by atoms with van der Waals surface area (Å²) in [6, 6.07) is 14.6. The van der Waals surface area contributed by atoms with Crippen molar-refractivity contribution in [1.82, 2.24) is 35.4 Å². The third kappa shape index (κ3) is 4.71. The summed E-state index contributed by atoms with van der Waals surface area (Å²) in [7, 11) is 3.94. The van der Waals surface area contributed by atoms with Crippen molar-refractivity contribution in [2.24, 2.45) is 0 Å². The number of fused-ring (bicyclic) bond motifs is 2. The van der Waals surface area contributed by atoms with Crippen LogP contribution in [0.2, 0.25) is 0 Å². The van der Waals surface area contributed by atoms with E-state index in [0.29, 0.717) is 29.4 Å². The van der Waals surface area contributed by atoms with Gasteiger partial charge in [-0.15, -0.1) is 0 Å². The molecule has 3 N–H and O–H groups in total. The number of likely N-dealkylation sites (N-methyl/N-ethyl adjacent to an activating group) is 1. The molecule has 4 heterocycles. The normalized spacial score (nSPS) is 14.0. The van der Waals surface area contributed by atoms with Crippen molar-refractivity contribution in [3.8, 4) is 28.4 Å². The van der Waals surface area contributed by atoms with Crippen molar-refractivity contribution in [3.63, 3.8) is 0 Å². The molecule has 37 heavy (non-hydrogen) atoms. The second-order valence-electron chi connectivity index (χ2n) is 9.46. The molecular formula is C28H28FN7O. The Morgan fingerprint density at radius 3 is 2.78 bits per heavy atom. The van der Waals surface area contributed by atoms with Crippen LogP contribution in [0.3, 0.4) is 0 Å². The van der Waals surface area contributed by atoms with Gasteiger partial charge in [-0.25, -0.2) is 14.4 Å². The Balaban J connectivity index is 1.39. The second kappa shape index (κ2) is 9.76. The molecule has 0 atom stereocenters. The van der Waals surface area contributed by atoms with E-state index in [4.69, 9.17) is 14.7 Å². The summed E-state index contributed by atoms with van der Waals surface area (Å²) in [5.41, 5.74) is 7.53. The van der Waals surface area contributed by atoms with Crippen LogP contribution in [0.1, 0.15) is 12.1 Å². The average molecular weight is 498 g/mol. The third-order valence-electron chi connectivity index (χ3n) is 6.53. The zero-order chi connectivity index (χ0) is 25.4. The Labute approximate surface area is 213 Å². The molecule has 0 bridgehead atoms. The molecule has 1 aliphatic rings. The Hall–Kier alpha value is -4.08. The van der Waals surface area contributed by atoms with Crippen LogP contribution in [-0.2, 0) is 0 Å². The molecule has 0 unspecified atom stereocenters. The fourth-order valence-corrected chi connectivity index (χ4v) is 4.62. The predicted molar refractivity (Wildman–Crippen MR) is 144 cm³/mol. The molecule has 8 nitrogen and oxygen atoms in total. The maximum atomic E-state index is 14.5. The minimum atomic E-state index is -0.354. The summed E-state index contributed by atoms with van der Waals surface area (Å²) in [5, 5.41) is 10.9. The van der Waals surface area contributed by atoms with Gasteiger partial charge in [-0.3, -0.25) is 5.10 Å². The van der Waals surface area contributed by atoms with Crippen molar-refractivity contribution >= 4 is 27.6 Å². The van der Waals surface area contributed by atoms with Gasteiger partial charge in [-0.1, -0.05) is 18.2 Å². The molecule has 5 aromatic rings. The zero-order valence-corrected chi connectivity index (χ0v) is 20.8. The summed E-state index contributed by atoms with van der Waals surface area (Å²) in [6.07, 6.45) is 3.12. The summed E-state index contributed by atoms with van der Waals surface area (Å²) in [4.78, 5) is 15.2. The number of nitrogens with one attached hydrogen (secondary N) is 3. The molecule has 188 valence electrons. The molecule has 0 spiro atoms. The van der Waals surface area contributed by atoms with Gasteiger partial charge < -0.3 is 19.9 Å². The number of pyridine rings is 1. The van der Waals surface area contributed by atoms with Crippen molar-refractivity contribution in [2.45, 2.75) is 6.42 Å². The van der Waals surface area contributed by atoms with E-state index in [9.17, 15) is 4.39 Å². The quantitative estimate of drug-likeness (QED) is 0.304. The highest BCUT2D eigenvalue weighted by molar-refractivity contribution is 5.96. The zero-order valence-electron chi connectivity index (χ0n) is 20.8. The lowest BCUT2D eigenvalue weighted by molar-refractivity contribution is 0.260. The van der Waals surface area contributed by atoms with Crippen LogP contribution in [-0.4, -0.2) is 70.4 Å². The maximum absolute atomic E-state index is 14.5. The summed E-state index contributed by atoms with van der Waals surface area (Å²) < 4.78 is 20.3. The number of imidazole rings is 1. The molecular weight excluding hydrogens is 469 g/mol. The molecule has 0 saturated carbocycles. The van der Waals surface area contributed by atoms with Gasteiger partial charge in [-0.2, -0.15) is 5.10 Å². The monoisotopic (exact) mass is 497 g/mol. The molecule has 0 radical (unpaired) electrons. The van der Waals surface area contributed by atoms with Gasteiger partial charge in [-0.05, 0) is 68.5 Å². The van der Waals surface area contributed by atoms with Gasteiger partial charge in [0.2, 0.25) is 0 Å². The number of hydrogen-bond donors (Lipinski definition) is 3. The SMILES string of the molecule is CN(C)CCOc1cc(F)cc(-c2cccc3[nH]c(-c4n[nH]c5ccc(C6=CCNCC6)nc45)nc23)c1. The molecule has 3 aromatic heterocycles. The standard InChI is InChI=1S/C28H28FN7O/c1-36(2)12-13-37-20-15-18(14-19(29)16-20)21-4-3-5-23-25(21)33-28(32-23)27-26-24(34-35-27)7-6-22(31-26)17-8-10-30-11-9-17/h3-8,14-16,30H,9-13H2,1-2H3,(H,32,33)(H,34,35). The highest BCUT2D eigenvalue weighted by Crippen LogP contribution is 2.33. The van der Waals surface area contributed by atoms with Crippen LogP contribution in [0.25, 0.3) is 50.3 Å². The first kappa shape index (κ1) is 23.3. The molecule has 0 fully saturated rings. The van der Waals surface area contributed by atoms with Crippen molar-refractivity contribution in [1.29, 1.82) is 0 Å². The molecule has 0 saturated heterocycles. The average Bonchev–Trinajstić information content (AvgIpc) is 3.52. The number of para-hydroxylation sites is 1. The molecule has 0 aliphatic carbocycles. The van der Waals surface area contributed by atoms with Crippen LogP contribution in [0, 0.1) is 5.82 Å². The number of benzene rings is 2. The fourth-order valence-electron chi connectivity index (χ4n) is 4.62. The van der Waals surface area contributed by atoms with Crippen LogP contribution in [0.5, 0.6) is 5.75 Å². The van der Waals surface area contributed by atoms with Crippen LogP contribution in [0.15, 0.2) is 54.6 Å². The lowest BCUT2D eigenvalue weighted by Gasteiger charge is -2.13. The van der Waals surface area contributed by atoms with E-state index in [0.717, 1.165) is 59.4 Å². The summed E-state index contributed by atoms with van der Waals surface area (Å²) in [6.45, 7) is 3.01.